The summed E-state index contributed by atoms with van der Waals surface area (Å²) >= 11 is 0. The Hall–Kier alpha value is -3.02. The molecule has 2 N–H and O–H groups in total. The van der Waals surface area contributed by atoms with Crippen molar-refractivity contribution in [1.82, 2.24) is 5.01 Å². The Labute approximate surface area is 145 Å². The summed E-state index contributed by atoms with van der Waals surface area (Å²) in [6.07, 6.45) is 2.31. The number of Topliss-reactive ketones (excluding diaryl/α,β-unsaturated/α-hetero) is 1. The smallest absolute Gasteiger partial charge is 0.231 e. The van der Waals surface area contributed by atoms with Gasteiger partial charge in [0.25, 0.3) is 0 Å². The Kier molecular flexibility index (Phi) is 3.60. The van der Waals surface area contributed by atoms with Crippen LogP contribution in [0.25, 0.3) is 11.1 Å². The zero-order valence-electron chi connectivity index (χ0n) is 14.2. The Morgan fingerprint density at radius 1 is 1.28 bits per heavy atom. The van der Waals surface area contributed by atoms with Gasteiger partial charge in [-0.2, -0.15) is 5.10 Å². The van der Waals surface area contributed by atoms with Gasteiger partial charge in [0.05, 0.1) is 6.21 Å². The number of hydrogen-bond acceptors (Lipinski definition) is 6. The fraction of sp³-hybridized carbons (Fsp3) is 0.263. The summed E-state index contributed by atoms with van der Waals surface area (Å²) in [7, 11) is 1.81. The van der Waals surface area contributed by atoms with Crippen LogP contribution in [0.2, 0.25) is 0 Å². The van der Waals surface area contributed by atoms with E-state index in [-0.39, 0.29) is 18.6 Å². The highest BCUT2D eigenvalue weighted by molar-refractivity contribution is 5.93. The van der Waals surface area contributed by atoms with Gasteiger partial charge in [-0.05, 0) is 41.8 Å². The van der Waals surface area contributed by atoms with E-state index in [4.69, 9.17) is 15.2 Å². The number of nitrogens with two attached hydrogens (primary N) is 1. The molecule has 0 amide bonds. The predicted molar refractivity (Wildman–Crippen MR) is 95.9 cm³/mol. The molecular weight excluding hydrogens is 318 g/mol. The zero-order chi connectivity index (χ0) is 17.6. The van der Waals surface area contributed by atoms with Crippen LogP contribution in [-0.4, -0.2) is 36.9 Å². The molecule has 6 nitrogen and oxygen atoms in total. The number of ketones is 1. The van der Waals surface area contributed by atoms with Gasteiger partial charge in [-0.1, -0.05) is 12.1 Å². The van der Waals surface area contributed by atoms with Crippen LogP contribution < -0.4 is 15.2 Å². The fourth-order valence-corrected chi connectivity index (χ4v) is 3.34. The summed E-state index contributed by atoms with van der Waals surface area (Å²) in [5.74, 6) is 1.46. The summed E-state index contributed by atoms with van der Waals surface area (Å²) < 4.78 is 11.3. The second-order valence-corrected chi connectivity index (χ2v) is 6.32. The predicted octanol–water partition coefficient (Wildman–Crippen LogP) is 2.44. The van der Waals surface area contributed by atoms with Gasteiger partial charge in [0.15, 0.2) is 17.3 Å². The first kappa shape index (κ1) is 15.5. The molecular formula is C19H19N3O3. The maximum Gasteiger partial charge on any atom is 0.231 e. The van der Waals surface area contributed by atoms with E-state index < -0.39 is 0 Å². The highest BCUT2D eigenvalue weighted by Gasteiger charge is 2.30. The molecule has 2 aromatic rings. The maximum atomic E-state index is 12.1. The van der Waals surface area contributed by atoms with E-state index in [0.29, 0.717) is 23.6 Å². The molecule has 1 atom stereocenters. The summed E-state index contributed by atoms with van der Waals surface area (Å²) in [5, 5.41) is 6.13. The number of benzene rings is 2. The van der Waals surface area contributed by atoms with Gasteiger partial charge in [-0.15, -0.1) is 0 Å². The van der Waals surface area contributed by atoms with Gasteiger partial charge in [0, 0.05) is 24.7 Å². The van der Waals surface area contributed by atoms with E-state index in [1.807, 2.05) is 37.4 Å². The lowest BCUT2D eigenvalue weighted by Crippen LogP contribution is -2.34. The van der Waals surface area contributed by atoms with Gasteiger partial charge in [0.1, 0.15) is 6.04 Å². The van der Waals surface area contributed by atoms with Gasteiger partial charge in [-0.3, -0.25) is 9.80 Å². The van der Waals surface area contributed by atoms with Crippen LogP contribution >= 0.6 is 0 Å². The molecule has 2 aliphatic heterocycles. The number of nitrogens with zero attached hydrogens (tertiary/aromatic N) is 2. The third kappa shape index (κ3) is 2.59. The number of rotatable bonds is 2. The molecule has 0 fully saturated rings. The normalized spacial score (nSPS) is 18.0. The maximum absolute atomic E-state index is 12.1. The summed E-state index contributed by atoms with van der Waals surface area (Å²) in [4.78, 5) is 12.1. The number of ether oxygens (including phenoxy) is 2. The van der Waals surface area contributed by atoms with Crippen molar-refractivity contribution in [3.8, 4) is 22.6 Å². The average Bonchev–Trinajstić information content (AvgIpc) is 2.98. The number of hydrogen-bond donors (Lipinski definition) is 1. The monoisotopic (exact) mass is 337 g/mol. The van der Waals surface area contributed by atoms with E-state index in [1.165, 1.54) is 0 Å². The molecule has 0 aromatic heterocycles. The average molecular weight is 337 g/mol. The first-order valence-electron chi connectivity index (χ1n) is 8.13. The van der Waals surface area contributed by atoms with Crippen molar-refractivity contribution < 1.29 is 14.3 Å². The minimum absolute atomic E-state index is 0.0772. The quantitative estimate of drug-likeness (QED) is 0.852. The Morgan fingerprint density at radius 2 is 2.04 bits per heavy atom. The number of fused-ring (bicyclic) bond motifs is 3. The zero-order valence-corrected chi connectivity index (χ0v) is 14.2. The van der Waals surface area contributed by atoms with Crippen molar-refractivity contribution in [1.29, 1.82) is 0 Å². The van der Waals surface area contributed by atoms with Crippen molar-refractivity contribution in [3.63, 3.8) is 0 Å². The van der Waals surface area contributed by atoms with Crippen molar-refractivity contribution in [2.75, 3.05) is 19.6 Å². The summed E-state index contributed by atoms with van der Waals surface area (Å²) in [6.45, 7) is 1.78. The number of carbonyl (C=O) groups is 1. The van der Waals surface area contributed by atoms with Gasteiger partial charge >= 0.3 is 0 Å². The second kappa shape index (κ2) is 5.81. The lowest BCUT2D eigenvalue weighted by Gasteiger charge is -2.22. The Bertz CT molecular complexity index is 874. The lowest BCUT2D eigenvalue weighted by molar-refractivity contribution is -0.121. The molecule has 2 aliphatic rings. The molecule has 0 saturated carbocycles. The van der Waals surface area contributed by atoms with Crippen LogP contribution in [0.5, 0.6) is 11.5 Å². The number of carbonyl (C=O) groups excluding carboxylic acids is 1. The number of hydrazone groups is 1. The molecule has 0 saturated heterocycles. The largest absolute Gasteiger partial charge is 0.454 e. The van der Waals surface area contributed by atoms with Gasteiger partial charge in [-0.25, -0.2) is 0 Å². The molecule has 2 heterocycles. The van der Waals surface area contributed by atoms with Crippen molar-refractivity contribution in [2.45, 2.75) is 19.4 Å². The molecule has 128 valence electrons. The highest BCUT2D eigenvalue weighted by atomic mass is 16.7. The summed E-state index contributed by atoms with van der Waals surface area (Å²) in [6, 6.07) is 9.34. The van der Waals surface area contributed by atoms with Crippen LogP contribution in [0.1, 0.15) is 18.1 Å². The lowest BCUT2D eigenvalue weighted by atomic mass is 9.89. The number of anilines is 1. The molecule has 0 spiro atoms. The Balaban J connectivity index is 1.94. The topological polar surface area (TPSA) is 77.2 Å². The minimum Gasteiger partial charge on any atom is -0.454 e. The fourth-order valence-electron chi connectivity index (χ4n) is 3.34. The van der Waals surface area contributed by atoms with Crippen molar-refractivity contribution in [2.24, 2.45) is 5.10 Å². The number of nitrogen functional groups attached to an aromatic ring is 1. The molecule has 0 radical (unpaired) electrons. The van der Waals surface area contributed by atoms with Crippen molar-refractivity contribution >= 4 is 17.7 Å². The molecule has 2 aromatic carbocycles. The third-order valence-electron chi connectivity index (χ3n) is 4.72. The van der Waals surface area contributed by atoms with E-state index in [0.717, 1.165) is 22.3 Å². The van der Waals surface area contributed by atoms with Crippen LogP contribution in [0.4, 0.5) is 5.69 Å². The summed E-state index contributed by atoms with van der Waals surface area (Å²) in [5.41, 5.74) is 10.5. The second-order valence-electron chi connectivity index (χ2n) is 6.32. The molecule has 0 aliphatic carbocycles. The van der Waals surface area contributed by atoms with E-state index in [2.05, 4.69) is 5.10 Å². The molecule has 1 unspecified atom stereocenters. The van der Waals surface area contributed by atoms with Crippen molar-refractivity contribution in [3.05, 3.63) is 41.5 Å². The van der Waals surface area contributed by atoms with Gasteiger partial charge < -0.3 is 15.2 Å². The van der Waals surface area contributed by atoms with E-state index >= 15 is 0 Å². The van der Waals surface area contributed by atoms with Crippen LogP contribution in [0.3, 0.4) is 0 Å². The van der Waals surface area contributed by atoms with Crippen LogP contribution in [-0.2, 0) is 11.2 Å². The molecule has 25 heavy (non-hydrogen) atoms. The van der Waals surface area contributed by atoms with E-state index in [1.54, 1.807) is 18.1 Å². The van der Waals surface area contributed by atoms with E-state index in [9.17, 15) is 4.79 Å². The number of likely N-dealkylation sites (N-methyl/N-ethyl adjacent to an activating group) is 1. The highest BCUT2D eigenvalue weighted by Crippen LogP contribution is 2.43. The SMILES string of the molecule is CC(=O)C1Cc2c(-c3ccc(N)cc3)cc3c(c2C=NN1C)OCO3. The third-order valence-corrected chi connectivity index (χ3v) is 4.72. The Morgan fingerprint density at radius 3 is 2.76 bits per heavy atom. The van der Waals surface area contributed by atoms with Crippen LogP contribution in [0, 0.1) is 0 Å². The minimum atomic E-state index is -0.314. The first-order valence-corrected chi connectivity index (χ1v) is 8.13. The first-order chi connectivity index (χ1) is 12.0. The molecule has 6 heteroatoms. The standard InChI is InChI=1S/C19H19N3O3/c1-11(23)17-7-15-14(12-3-5-13(20)6-4-12)8-18-19(25-10-24-18)16(15)9-21-22(17)2/h3-6,8-9,17H,7,10,20H2,1-2H3. The molecule has 4 rings (SSSR count). The molecule has 0 bridgehead atoms. The van der Waals surface area contributed by atoms with Gasteiger partial charge in [0.2, 0.25) is 6.79 Å². The van der Waals surface area contributed by atoms with Crippen LogP contribution in [0.15, 0.2) is 35.4 Å².